The predicted octanol–water partition coefficient (Wildman–Crippen LogP) is 3.81. The monoisotopic (exact) mass is 275 g/mol. The van der Waals surface area contributed by atoms with Crippen LogP contribution < -0.4 is 0 Å². The second kappa shape index (κ2) is 4.51. The lowest BCUT2D eigenvalue weighted by Gasteiger charge is -1.94. The minimum Gasteiger partial charge on any atom is -0.464 e. The molecule has 0 spiro atoms. The van der Waals surface area contributed by atoms with Gasteiger partial charge in [0.05, 0.1) is 7.11 Å². The van der Waals surface area contributed by atoms with Crippen LogP contribution in [-0.4, -0.2) is 18.1 Å². The Kier molecular flexibility index (Phi) is 2.85. The summed E-state index contributed by atoms with van der Waals surface area (Å²) in [5.74, 6) is -0.392. The smallest absolute Gasteiger partial charge is 0.357 e. The van der Waals surface area contributed by atoms with E-state index in [1.165, 1.54) is 28.5 Å². The largest absolute Gasteiger partial charge is 0.464 e. The van der Waals surface area contributed by atoms with Crippen LogP contribution >= 0.6 is 22.7 Å². The van der Waals surface area contributed by atoms with Crippen LogP contribution in [0.4, 0.5) is 0 Å². The molecule has 0 aliphatic heterocycles. The molecule has 3 rings (SSSR count). The van der Waals surface area contributed by atoms with E-state index in [2.05, 4.69) is 27.2 Å². The zero-order valence-electron chi connectivity index (χ0n) is 9.54. The van der Waals surface area contributed by atoms with Gasteiger partial charge in [-0.25, -0.2) is 9.78 Å². The number of thiophene rings is 1. The third kappa shape index (κ3) is 1.81. The minimum atomic E-state index is -0.392. The number of carbonyl (C=O) groups is 1. The number of methoxy groups -OCH3 is 1. The first-order valence-corrected chi connectivity index (χ1v) is 7.06. The second-order valence-corrected chi connectivity index (χ2v) is 5.44. The number of hydrogen-bond acceptors (Lipinski definition) is 5. The fraction of sp³-hybridized carbons (Fsp3) is 0.0769. The number of esters is 1. The maximum absolute atomic E-state index is 11.4. The normalized spacial score (nSPS) is 10.7. The van der Waals surface area contributed by atoms with Crippen molar-refractivity contribution in [2.45, 2.75) is 0 Å². The Morgan fingerprint density at radius 2 is 2.06 bits per heavy atom. The number of fused-ring (bicyclic) bond motifs is 1. The Morgan fingerprint density at radius 3 is 2.89 bits per heavy atom. The quantitative estimate of drug-likeness (QED) is 0.668. The van der Waals surface area contributed by atoms with E-state index in [1.807, 2.05) is 12.1 Å². The van der Waals surface area contributed by atoms with E-state index in [1.54, 1.807) is 16.7 Å². The van der Waals surface area contributed by atoms with Gasteiger partial charge in [-0.05, 0) is 6.07 Å². The van der Waals surface area contributed by atoms with E-state index >= 15 is 0 Å². The van der Waals surface area contributed by atoms with Crippen molar-refractivity contribution in [2.75, 3.05) is 7.11 Å². The maximum Gasteiger partial charge on any atom is 0.357 e. The highest BCUT2D eigenvalue weighted by Gasteiger charge is 2.14. The molecule has 5 heteroatoms. The molecule has 0 aliphatic rings. The zero-order valence-corrected chi connectivity index (χ0v) is 11.2. The van der Waals surface area contributed by atoms with Gasteiger partial charge in [-0.3, -0.25) is 0 Å². The summed E-state index contributed by atoms with van der Waals surface area (Å²) in [7, 11) is 1.36. The van der Waals surface area contributed by atoms with Crippen molar-refractivity contribution < 1.29 is 9.53 Å². The van der Waals surface area contributed by atoms with Gasteiger partial charge < -0.3 is 4.74 Å². The van der Waals surface area contributed by atoms with Crippen LogP contribution in [0.3, 0.4) is 0 Å². The molecule has 18 heavy (non-hydrogen) atoms. The van der Waals surface area contributed by atoms with E-state index < -0.39 is 5.97 Å². The molecule has 0 radical (unpaired) electrons. The number of thiazole rings is 1. The maximum atomic E-state index is 11.4. The summed E-state index contributed by atoms with van der Waals surface area (Å²) in [6.45, 7) is 0. The molecule has 0 amide bonds. The predicted molar refractivity (Wildman–Crippen MR) is 74.3 cm³/mol. The van der Waals surface area contributed by atoms with Crippen LogP contribution in [0.25, 0.3) is 20.7 Å². The number of hydrogen-bond donors (Lipinski definition) is 0. The molecule has 1 aromatic carbocycles. The number of benzene rings is 1. The van der Waals surface area contributed by atoms with Gasteiger partial charge in [-0.2, -0.15) is 0 Å². The highest BCUT2D eigenvalue weighted by molar-refractivity contribution is 7.18. The Labute approximate surface area is 112 Å². The fourth-order valence-electron chi connectivity index (χ4n) is 1.74. The molecular formula is C13H9NO2S2. The van der Waals surface area contributed by atoms with E-state index in [4.69, 9.17) is 0 Å². The van der Waals surface area contributed by atoms with E-state index in [-0.39, 0.29) is 0 Å². The molecule has 3 aromatic rings. The molecule has 0 saturated carbocycles. The number of nitrogens with zero attached hydrogens (tertiary/aromatic N) is 1. The van der Waals surface area contributed by atoms with Gasteiger partial charge in [0.25, 0.3) is 0 Å². The van der Waals surface area contributed by atoms with Crippen LogP contribution in [0, 0.1) is 0 Å². The molecule has 90 valence electrons. The van der Waals surface area contributed by atoms with E-state index in [0.717, 1.165) is 10.6 Å². The minimum absolute atomic E-state index is 0.368. The van der Waals surface area contributed by atoms with Crippen molar-refractivity contribution in [1.82, 2.24) is 4.98 Å². The summed E-state index contributed by atoms with van der Waals surface area (Å²) in [6.07, 6.45) is 0. The van der Waals surface area contributed by atoms with Gasteiger partial charge in [0.1, 0.15) is 5.01 Å². The van der Waals surface area contributed by atoms with Crippen LogP contribution in [0.5, 0.6) is 0 Å². The first kappa shape index (κ1) is 11.4. The summed E-state index contributed by atoms with van der Waals surface area (Å²) in [4.78, 5) is 15.7. The molecule has 0 fully saturated rings. The van der Waals surface area contributed by atoms with Gasteiger partial charge in [-0.15, -0.1) is 22.7 Å². The van der Waals surface area contributed by atoms with Crippen LogP contribution in [0.2, 0.25) is 0 Å². The Hall–Kier alpha value is -1.72. The Bertz CT molecular complexity index is 714. The lowest BCUT2D eigenvalue weighted by atomic mass is 10.2. The summed E-state index contributed by atoms with van der Waals surface area (Å²) in [6, 6.07) is 8.18. The molecule has 0 unspecified atom stereocenters. The van der Waals surface area contributed by atoms with Gasteiger partial charge >= 0.3 is 5.97 Å². The summed E-state index contributed by atoms with van der Waals surface area (Å²) >= 11 is 3.14. The molecule has 0 atom stereocenters. The van der Waals surface area contributed by atoms with Crippen LogP contribution in [0.15, 0.2) is 35.0 Å². The van der Waals surface area contributed by atoms with Gasteiger partial charge in [0.2, 0.25) is 0 Å². The molecular weight excluding hydrogens is 266 g/mol. The Balaban J connectivity index is 2.09. The van der Waals surface area contributed by atoms with Crippen molar-refractivity contribution in [2.24, 2.45) is 0 Å². The summed E-state index contributed by atoms with van der Waals surface area (Å²) in [5, 5.41) is 5.83. The van der Waals surface area contributed by atoms with Crippen molar-refractivity contribution in [1.29, 1.82) is 0 Å². The second-order valence-electron chi connectivity index (χ2n) is 3.68. The molecule has 0 N–H and O–H groups in total. The molecule has 0 saturated heterocycles. The van der Waals surface area contributed by atoms with E-state index in [9.17, 15) is 4.79 Å². The van der Waals surface area contributed by atoms with Crippen molar-refractivity contribution in [3.63, 3.8) is 0 Å². The van der Waals surface area contributed by atoms with Gasteiger partial charge in [-0.1, -0.05) is 18.2 Å². The number of carbonyl (C=O) groups excluding carboxylic acids is 1. The zero-order chi connectivity index (χ0) is 12.5. The average Bonchev–Trinajstić information content (AvgIpc) is 3.03. The highest BCUT2D eigenvalue weighted by Crippen LogP contribution is 2.35. The molecule has 2 aromatic heterocycles. The molecule has 3 nitrogen and oxygen atoms in total. The van der Waals surface area contributed by atoms with Crippen LogP contribution in [0.1, 0.15) is 10.5 Å². The van der Waals surface area contributed by atoms with Crippen molar-refractivity contribution in [3.8, 4) is 10.6 Å². The van der Waals surface area contributed by atoms with E-state index in [0.29, 0.717) is 5.69 Å². The lowest BCUT2D eigenvalue weighted by Crippen LogP contribution is -2.00. The average molecular weight is 275 g/mol. The van der Waals surface area contributed by atoms with Crippen molar-refractivity contribution >= 4 is 38.7 Å². The number of aromatic nitrogens is 1. The Morgan fingerprint density at radius 1 is 1.22 bits per heavy atom. The van der Waals surface area contributed by atoms with Gasteiger partial charge in [0, 0.05) is 26.4 Å². The third-order valence-electron chi connectivity index (χ3n) is 2.61. The molecule has 0 bridgehead atoms. The van der Waals surface area contributed by atoms with Crippen molar-refractivity contribution in [3.05, 3.63) is 40.7 Å². The number of ether oxygens (including phenoxy) is 1. The topological polar surface area (TPSA) is 39.2 Å². The highest BCUT2D eigenvalue weighted by atomic mass is 32.1. The first-order chi connectivity index (χ1) is 8.79. The lowest BCUT2D eigenvalue weighted by molar-refractivity contribution is 0.0595. The SMILES string of the molecule is COC(=O)c1csc(-c2csc3ccccc23)n1. The molecule has 0 aliphatic carbocycles. The van der Waals surface area contributed by atoms with Gasteiger partial charge in [0.15, 0.2) is 5.69 Å². The summed E-state index contributed by atoms with van der Waals surface area (Å²) < 4.78 is 5.89. The first-order valence-electron chi connectivity index (χ1n) is 5.30. The summed E-state index contributed by atoms with van der Waals surface area (Å²) in [5.41, 5.74) is 1.45. The standard InChI is InChI=1S/C13H9NO2S2/c1-16-13(15)10-7-18-12(14-10)9-6-17-11-5-3-2-4-8(9)11/h2-7H,1H3. The third-order valence-corrected chi connectivity index (χ3v) is 4.45. The molecule has 2 heterocycles. The van der Waals surface area contributed by atoms with Crippen LogP contribution in [-0.2, 0) is 4.74 Å². The number of rotatable bonds is 2. The fourth-order valence-corrected chi connectivity index (χ4v) is 3.58.